The highest BCUT2D eigenvalue weighted by molar-refractivity contribution is 5.67. The zero-order valence-corrected chi connectivity index (χ0v) is 24.3. The summed E-state index contributed by atoms with van der Waals surface area (Å²) in [5.74, 6) is 0. The van der Waals surface area contributed by atoms with Crippen LogP contribution in [-0.2, 0) is 47.4 Å². The van der Waals surface area contributed by atoms with Crippen molar-refractivity contribution in [2.45, 2.75) is 46.3 Å². The molecule has 0 aliphatic rings. The van der Waals surface area contributed by atoms with Gasteiger partial charge in [-0.2, -0.15) is 0 Å². The first-order valence-electron chi connectivity index (χ1n) is 13.5. The molecule has 0 aromatic rings. The summed E-state index contributed by atoms with van der Waals surface area (Å²) in [6, 6.07) is 0. The molecular formula is C26H53NO11. The molecule has 0 aliphatic heterocycles. The summed E-state index contributed by atoms with van der Waals surface area (Å²) in [7, 11) is 0. The second-order valence-electron chi connectivity index (χ2n) is 9.25. The molecule has 0 unspecified atom stereocenters. The third kappa shape index (κ3) is 32.9. The Balaban J connectivity index is 3.10. The lowest BCUT2D eigenvalue weighted by Crippen LogP contribution is -2.34. The molecule has 0 saturated heterocycles. The molecule has 0 fully saturated rings. The Labute approximate surface area is 229 Å². The van der Waals surface area contributed by atoms with Gasteiger partial charge in [-0.1, -0.05) is 0 Å². The van der Waals surface area contributed by atoms with Gasteiger partial charge in [-0.05, 0) is 34.6 Å². The van der Waals surface area contributed by atoms with Crippen molar-refractivity contribution in [3.05, 3.63) is 0 Å². The Kier molecular flexibility index (Phi) is 26.7. The number of carbonyl (C=O) groups is 1. The SMILES string of the molecule is CC(C)OCCOCCOCCOCCOCCOCCOCCOCCOCCNC(=O)OC(C)(C)C. The zero-order valence-electron chi connectivity index (χ0n) is 24.3. The van der Waals surface area contributed by atoms with Crippen LogP contribution < -0.4 is 5.32 Å². The minimum Gasteiger partial charge on any atom is -0.444 e. The maximum atomic E-state index is 11.5. The molecular weight excluding hydrogens is 502 g/mol. The van der Waals surface area contributed by atoms with Crippen molar-refractivity contribution in [1.29, 1.82) is 0 Å². The van der Waals surface area contributed by atoms with Crippen LogP contribution in [0.5, 0.6) is 0 Å². The number of alkyl carbamates (subject to hydrolysis) is 1. The van der Waals surface area contributed by atoms with E-state index in [0.717, 1.165) is 0 Å². The normalized spacial score (nSPS) is 11.8. The smallest absolute Gasteiger partial charge is 0.407 e. The van der Waals surface area contributed by atoms with Crippen molar-refractivity contribution in [3.63, 3.8) is 0 Å². The van der Waals surface area contributed by atoms with Crippen molar-refractivity contribution in [2.75, 3.05) is 119 Å². The molecule has 1 N–H and O–H groups in total. The molecule has 0 radical (unpaired) electrons. The van der Waals surface area contributed by atoms with E-state index in [-0.39, 0.29) is 6.10 Å². The summed E-state index contributed by atoms with van der Waals surface area (Å²) >= 11 is 0. The van der Waals surface area contributed by atoms with Crippen LogP contribution in [0.4, 0.5) is 4.79 Å². The summed E-state index contributed by atoms with van der Waals surface area (Å²) in [5, 5.41) is 2.63. The molecule has 228 valence electrons. The van der Waals surface area contributed by atoms with E-state index in [2.05, 4.69) is 5.32 Å². The summed E-state index contributed by atoms with van der Waals surface area (Å²) in [6.07, 6.45) is -0.219. The highest BCUT2D eigenvalue weighted by atomic mass is 16.6. The van der Waals surface area contributed by atoms with E-state index in [1.54, 1.807) is 0 Å². The molecule has 0 heterocycles. The maximum Gasteiger partial charge on any atom is 0.407 e. The largest absolute Gasteiger partial charge is 0.444 e. The van der Waals surface area contributed by atoms with E-state index in [1.165, 1.54) is 0 Å². The van der Waals surface area contributed by atoms with Crippen LogP contribution in [0.25, 0.3) is 0 Å². The molecule has 0 aliphatic carbocycles. The molecule has 0 spiro atoms. The van der Waals surface area contributed by atoms with Crippen LogP contribution in [0.3, 0.4) is 0 Å². The number of ether oxygens (including phenoxy) is 10. The third-order valence-corrected chi connectivity index (χ3v) is 4.20. The quantitative estimate of drug-likeness (QED) is 0.143. The molecule has 12 nitrogen and oxygen atoms in total. The molecule has 0 saturated carbocycles. The lowest BCUT2D eigenvalue weighted by atomic mass is 10.2. The molecule has 1 amide bonds. The van der Waals surface area contributed by atoms with Crippen LogP contribution >= 0.6 is 0 Å². The number of rotatable bonds is 28. The lowest BCUT2D eigenvalue weighted by molar-refractivity contribution is -0.0268. The van der Waals surface area contributed by atoms with Gasteiger partial charge in [-0.25, -0.2) is 4.79 Å². The number of amides is 1. The predicted octanol–water partition coefficient (Wildman–Crippen LogP) is 2.07. The van der Waals surface area contributed by atoms with Crippen LogP contribution in [-0.4, -0.2) is 137 Å². The standard InChI is InChI=1S/C26H53NO11/c1-24(2)37-23-22-36-21-20-35-19-18-34-17-16-33-15-14-32-13-12-31-11-10-30-9-8-29-7-6-27-25(28)38-26(3,4)5/h24H,6-23H2,1-5H3,(H,27,28). The van der Waals surface area contributed by atoms with E-state index < -0.39 is 11.7 Å². The molecule has 0 atom stereocenters. The van der Waals surface area contributed by atoms with Crippen molar-refractivity contribution >= 4 is 6.09 Å². The van der Waals surface area contributed by atoms with Gasteiger partial charge >= 0.3 is 6.09 Å². The first-order valence-corrected chi connectivity index (χ1v) is 13.5. The van der Waals surface area contributed by atoms with Gasteiger partial charge in [-0.15, -0.1) is 0 Å². The Morgan fingerprint density at radius 1 is 0.526 bits per heavy atom. The zero-order chi connectivity index (χ0) is 28.2. The molecule has 0 aromatic heterocycles. The first kappa shape index (κ1) is 36.9. The van der Waals surface area contributed by atoms with Crippen molar-refractivity contribution in [2.24, 2.45) is 0 Å². The topological polar surface area (TPSA) is 121 Å². The van der Waals surface area contributed by atoms with Crippen LogP contribution in [0.2, 0.25) is 0 Å². The van der Waals surface area contributed by atoms with E-state index in [9.17, 15) is 4.79 Å². The molecule has 12 heteroatoms. The van der Waals surface area contributed by atoms with Gasteiger partial charge in [0.25, 0.3) is 0 Å². The van der Waals surface area contributed by atoms with E-state index >= 15 is 0 Å². The van der Waals surface area contributed by atoms with Crippen LogP contribution in [0.15, 0.2) is 0 Å². The van der Waals surface area contributed by atoms with Crippen molar-refractivity contribution in [3.8, 4) is 0 Å². The fourth-order valence-electron chi connectivity index (χ4n) is 2.52. The van der Waals surface area contributed by atoms with Gasteiger partial charge in [0.2, 0.25) is 0 Å². The van der Waals surface area contributed by atoms with Crippen LogP contribution in [0, 0.1) is 0 Å². The third-order valence-electron chi connectivity index (χ3n) is 4.20. The minimum atomic E-state index is -0.506. The fraction of sp³-hybridized carbons (Fsp3) is 0.962. The Morgan fingerprint density at radius 2 is 0.816 bits per heavy atom. The van der Waals surface area contributed by atoms with Crippen LogP contribution in [0.1, 0.15) is 34.6 Å². The van der Waals surface area contributed by atoms with Gasteiger partial charge in [-0.3, -0.25) is 0 Å². The lowest BCUT2D eigenvalue weighted by Gasteiger charge is -2.19. The maximum absolute atomic E-state index is 11.5. The van der Waals surface area contributed by atoms with Gasteiger partial charge < -0.3 is 52.7 Å². The predicted molar refractivity (Wildman–Crippen MR) is 142 cm³/mol. The second kappa shape index (κ2) is 27.5. The number of hydrogen-bond donors (Lipinski definition) is 1. The van der Waals surface area contributed by atoms with Gasteiger partial charge in [0.15, 0.2) is 0 Å². The Bertz CT molecular complexity index is 504. The number of hydrogen-bond acceptors (Lipinski definition) is 11. The highest BCUT2D eigenvalue weighted by Gasteiger charge is 2.15. The highest BCUT2D eigenvalue weighted by Crippen LogP contribution is 2.06. The molecule has 0 rings (SSSR count). The number of carbonyl (C=O) groups excluding carboxylic acids is 1. The van der Waals surface area contributed by atoms with Gasteiger partial charge in [0, 0.05) is 6.54 Å². The molecule has 0 bridgehead atoms. The minimum absolute atomic E-state index is 0.230. The second-order valence-corrected chi connectivity index (χ2v) is 9.25. The Hall–Kier alpha value is -1.09. The van der Waals surface area contributed by atoms with E-state index in [1.807, 2.05) is 34.6 Å². The summed E-state index contributed by atoms with van der Waals surface area (Å²) in [5.41, 5.74) is -0.506. The Morgan fingerprint density at radius 3 is 1.11 bits per heavy atom. The average Bonchev–Trinajstić information content (AvgIpc) is 2.84. The molecule has 0 aromatic carbocycles. The summed E-state index contributed by atoms with van der Waals surface area (Å²) in [4.78, 5) is 11.5. The first-order chi connectivity index (χ1) is 18.3. The van der Waals surface area contributed by atoms with E-state index in [4.69, 9.17) is 47.4 Å². The van der Waals surface area contributed by atoms with Crippen molar-refractivity contribution < 1.29 is 52.2 Å². The number of nitrogens with one attached hydrogen (secondary N) is 1. The van der Waals surface area contributed by atoms with Gasteiger partial charge in [0.1, 0.15) is 5.60 Å². The van der Waals surface area contributed by atoms with E-state index in [0.29, 0.717) is 119 Å². The average molecular weight is 556 g/mol. The van der Waals surface area contributed by atoms with Gasteiger partial charge in [0.05, 0.1) is 118 Å². The van der Waals surface area contributed by atoms with Crippen molar-refractivity contribution in [1.82, 2.24) is 5.32 Å². The monoisotopic (exact) mass is 555 g/mol. The summed E-state index contributed by atoms with van der Waals surface area (Å²) in [6.45, 7) is 18.5. The molecule has 38 heavy (non-hydrogen) atoms. The summed E-state index contributed by atoms with van der Waals surface area (Å²) < 4.78 is 53.9. The fourth-order valence-corrected chi connectivity index (χ4v) is 2.52.